The molecule has 1 N–H and O–H groups in total. The Bertz CT molecular complexity index is 888. The number of fused-ring (bicyclic) bond motifs is 1. The fraction of sp³-hybridized carbons (Fsp3) is 0.333. The van der Waals surface area contributed by atoms with E-state index >= 15 is 0 Å². The summed E-state index contributed by atoms with van der Waals surface area (Å²) in [7, 11) is 1.42. The molecule has 0 bridgehead atoms. The third-order valence-corrected chi connectivity index (χ3v) is 6.28. The minimum Gasteiger partial charge on any atom is -0.465 e. The number of rotatable bonds is 4. The van der Waals surface area contributed by atoms with Crippen molar-refractivity contribution < 1.29 is 14.4 Å². The predicted molar refractivity (Wildman–Crippen MR) is 104 cm³/mol. The van der Waals surface area contributed by atoms with E-state index in [0.717, 1.165) is 18.6 Å². The van der Waals surface area contributed by atoms with Crippen LogP contribution in [-0.4, -0.2) is 31.2 Å². The molecule has 0 spiro atoms. The van der Waals surface area contributed by atoms with Crippen molar-refractivity contribution in [2.45, 2.75) is 25.3 Å². The first kappa shape index (κ1) is 17.2. The maximum atomic E-state index is 11.7. The molecule has 3 aromatic rings. The Labute approximate surface area is 157 Å². The number of quaternary nitrogens is 1. The van der Waals surface area contributed by atoms with Gasteiger partial charge in [0, 0.05) is 5.56 Å². The fourth-order valence-corrected chi connectivity index (χ4v) is 4.90. The van der Waals surface area contributed by atoms with Gasteiger partial charge in [-0.3, -0.25) is 0 Å². The van der Waals surface area contributed by atoms with Crippen LogP contribution in [0.5, 0.6) is 0 Å². The number of ether oxygens (including phenoxy) is 1. The normalized spacial score (nSPS) is 20.2. The first-order chi connectivity index (χ1) is 12.7. The largest absolute Gasteiger partial charge is 0.465 e. The summed E-state index contributed by atoms with van der Waals surface area (Å²) in [4.78, 5) is 18.2. The zero-order valence-electron chi connectivity index (χ0n) is 14.9. The fourth-order valence-electron chi connectivity index (χ4n) is 3.80. The molecule has 4 nitrogen and oxygen atoms in total. The number of benzene rings is 2. The molecule has 0 amide bonds. The summed E-state index contributed by atoms with van der Waals surface area (Å²) in [6.07, 6.45) is 2.43. The van der Waals surface area contributed by atoms with Gasteiger partial charge in [-0.2, -0.15) is 0 Å². The molecular weight excluding hydrogens is 344 g/mol. The van der Waals surface area contributed by atoms with E-state index in [9.17, 15) is 4.79 Å². The van der Waals surface area contributed by atoms with Crippen molar-refractivity contribution in [3.05, 3.63) is 64.7 Å². The Balaban J connectivity index is 1.47. The molecule has 1 unspecified atom stereocenters. The minimum atomic E-state index is -0.271. The average Bonchev–Trinajstić information content (AvgIpc) is 3.12. The molecule has 5 heteroatoms. The van der Waals surface area contributed by atoms with Crippen molar-refractivity contribution in [1.82, 2.24) is 4.98 Å². The van der Waals surface area contributed by atoms with Gasteiger partial charge in [-0.25, -0.2) is 9.78 Å². The maximum absolute atomic E-state index is 11.7. The smallest absolute Gasteiger partial charge is 0.337 e. The SMILES string of the molecule is COC(=O)c1cccc(C[NH+]2CCC[C@@H](c3nc4ccccc4s3)C2)c1. The molecule has 1 fully saturated rings. The van der Waals surface area contributed by atoms with Crippen molar-refractivity contribution in [3.63, 3.8) is 0 Å². The zero-order valence-corrected chi connectivity index (χ0v) is 15.7. The molecule has 0 aliphatic carbocycles. The lowest BCUT2D eigenvalue weighted by molar-refractivity contribution is -0.920. The zero-order chi connectivity index (χ0) is 17.9. The topological polar surface area (TPSA) is 43.6 Å². The summed E-state index contributed by atoms with van der Waals surface area (Å²) in [5.74, 6) is 0.257. The number of nitrogens with zero attached hydrogens (tertiary/aromatic N) is 1. The number of thiazole rings is 1. The van der Waals surface area contributed by atoms with Gasteiger partial charge in [0.05, 0.1) is 41.9 Å². The number of nitrogens with one attached hydrogen (secondary N) is 1. The van der Waals surface area contributed by atoms with Crippen LogP contribution < -0.4 is 4.90 Å². The van der Waals surface area contributed by atoms with E-state index in [2.05, 4.69) is 30.3 Å². The lowest BCUT2D eigenvalue weighted by Gasteiger charge is -2.29. The Morgan fingerprint density at radius 1 is 1.27 bits per heavy atom. The van der Waals surface area contributed by atoms with Gasteiger partial charge in [0.1, 0.15) is 11.6 Å². The number of aromatic nitrogens is 1. The van der Waals surface area contributed by atoms with E-state index in [0.29, 0.717) is 11.5 Å². The van der Waals surface area contributed by atoms with Gasteiger partial charge in [0.2, 0.25) is 0 Å². The third-order valence-electron chi connectivity index (χ3n) is 5.08. The second-order valence-corrected chi connectivity index (χ2v) is 7.99. The van der Waals surface area contributed by atoms with Gasteiger partial charge in [-0.1, -0.05) is 24.3 Å². The molecule has 0 saturated carbocycles. The van der Waals surface area contributed by atoms with Crippen LogP contribution >= 0.6 is 11.3 Å². The van der Waals surface area contributed by atoms with Crippen molar-refractivity contribution in [2.75, 3.05) is 20.2 Å². The molecule has 134 valence electrons. The van der Waals surface area contributed by atoms with Crippen LogP contribution in [0.25, 0.3) is 10.2 Å². The van der Waals surface area contributed by atoms with Gasteiger partial charge in [0.15, 0.2) is 0 Å². The molecule has 4 rings (SSSR count). The summed E-state index contributed by atoms with van der Waals surface area (Å²) >= 11 is 1.84. The monoisotopic (exact) mass is 367 g/mol. The molecule has 2 atom stereocenters. The number of piperidine rings is 1. The standard InChI is InChI=1S/C21H22N2O2S/c1-25-21(24)16-7-4-6-15(12-16)13-23-11-5-8-17(14-23)20-22-18-9-2-3-10-19(18)26-20/h2-4,6-7,9-10,12,17H,5,8,11,13-14H2,1H3/p+1/t17-/m1/s1. The van der Waals surface area contributed by atoms with Crippen LogP contribution in [0, 0.1) is 0 Å². The number of para-hydroxylation sites is 1. The van der Waals surface area contributed by atoms with Gasteiger partial charge >= 0.3 is 5.97 Å². The molecule has 2 aromatic carbocycles. The Morgan fingerprint density at radius 3 is 3.00 bits per heavy atom. The Hall–Kier alpha value is -2.24. The highest BCUT2D eigenvalue weighted by Gasteiger charge is 2.27. The molecule has 1 aromatic heterocycles. The lowest BCUT2D eigenvalue weighted by atomic mass is 9.98. The summed E-state index contributed by atoms with van der Waals surface area (Å²) in [5, 5.41) is 1.27. The van der Waals surface area contributed by atoms with Gasteiger partial charge < -0.3 is 9.64 Å². The van der Waals surface area contributed by atoms with Crippen molar-refractivity contribution in [1.29, 1.82) is 0 Å². The van der Waals surface area contributed by atoms with Crippen LogP contribution in [-0.2, 0) is 11.3 Å². The first-order valence-corrected chi connectivity index (χ1v) is 9.91. The number of carbonyl (C=O) groups excluding carboxylic acids is 1. The van der Waals surface area contributed by atoms with E-state index in [1.54, 1.807) is 4.90 Å². The van der Waals surface area contributed by atoms with Crippen LogP contribution in [0.1, 0.15) is 39.7 Å². The number of methoxy groups -OCH3 is 1. The summed E-state index contributed by atoms with van der Waals surface area (Å²) in [6.45, 7) is 3.21. The molecule has 1 saturated heterocycles. The average molecular weight is 367 g/mol. The molecule has 1 aliphatic rings. The summed E-state index contributed by atoms with van der Waals surface area (Å²) < 4.78 is 6.11. The summed E-state index contributed by atoms with van der Waals surface area (Å²) in [5.41, 5.74) is 2.93. The number of likely N-dealkylation sites (tertiary alicyclic amines) is 1. The first-order valence-electron chi connectivity index (χ1n) is 9.09. The molecule has 26 heavy (non-hydrogen) atoms. The van der Waals surface area contributed by atoms with Gasteiger partial charge in [-0.05, 0) is 37.1 Å². The second-order valence-electron chi connectivity index (χ2n) is 6.93. The van der Waals surface area contributed by atoms with E-state index in [1.807, 2.05) is 29.5 Å². The highest BCUT2D eigenvalue weighted by atomic mass is 32.1. The molecular formula is C21H23N2O2S+. The number of esters is 1. The number of carbonyl (C=O) groups is 1. The van der Waals surface area contributed by atoms with Crippen molar-refractivity contribution in [3.8, 4) is 0 Å². The quantitative estimate of drug-likeness (QED) is 0.721. The predicted octanol–water partition coefficient (Wildman–Crippen LogP) is 3.05. The van der Waals surface area contributed by atoms with E-state index in [-0.39, 0.29) is 5.97 Å². The van der Waals surface area contributed by atoms with E-state index in [4.69, 9.17) is 9.72 Å². The lowest BCUT2D eigenvalue weighted by Crippen LogP contribution is -3.12. The molecule has 2 heterocycles. The van der Waals surface area contributed by atoms with Gasteiger partial charge in [0.25, 0.3) is 0 Å². The number of hydrogen-bond donors (Lipinski definition) is 1. The maximum Gasteiger partial charge on any atom is 0.337 e. The summed E-state index contributed by atoms with van der Waals surface area (Å²) in [6, 6.07) is 16.2. The van der Waals surface area contributed by atoms with Crippen molar-refractivity contribution in [2.24, 2.45) is 0 Å². The molecule has 1 aliphatic heterocycles. The highest BCUT2D eigenvalue weighted by molar-refractivity contribution is 7.18. The van der Waals surface area contributed by atoms with E-state index < -0.39 is 0 Å². The Morgan fingerprint density at radius 2 is 2.15 bits per heavy atom. The van der Waals surface area contributed by atoms with Crippen LogP contribution in [0.15, 0.2) is 48.5 Å². The number of hydrogen-bond acceptors (Lipinski definition) is 4. The van der Waals surface area contributed by atoms with Crippen LogP contribution in [0.2, 0.25) is 0 Å². The van der Waals surface area contributed by atoms with Crippen LogP contribution in [0.3, 0.4) is 0 Å². The van der Waals surface area contributed by atoms with Gasteiger partial charge in [-0.15, -0.1) is 11.3 Å². The van der Waals surface area contributed by atoms with Crippen LogP contribution in [0.4, 0.5) is 0 Å². The van der Waals surface area contributed by atoms with E-state index in [1.165, 1.54) is 41.8 Å². The molecule has 0 radical (unpaired) electrons. The second kappa shape index (κ2) is 7.56. The minimum absolute atomic E-state index is 0.271. The van der Waals surface area contributed by atoms with Crippen molar-refractivity contribution >= 4 is 27.5 Å². The third kappa shape index (κ3) is 3.64. The highest BCUT2D eigenvalue weighted by Crippen LogP contribution is 2.30. The Kier molecular flexibility index (Phi) is 5.00.